The van der Waals surface area contributed by atoms with E-state index in [-0.39, 0.29) is 10.8 Å². The van der Waals surface area contributed by atoms with E-state index in [1.807, 2.05) is 30.5 Å². The number of nitrogens with zero attached hydrogens (tertiary/aromatic N) is 1. The lowest BCUT2D eigenvalue weighted by molar-refractivity contribution is 0.168. The normalized spacial score (nSPS) is 24.2. The van der Waals surface area contributed by atoms with Gasteiger partial charge in [0.25, 0.3) is 0 Å². The summed E-state index contributed by atoms with van der Waals surface area (Å²) in [5, 5.41) is 6.01. The second-order valence-corrected chi connectivity index (χ2v) is 6.49. The van der Waals surface area contributed by atoms with Crippen LogP contribution in [-0.2, 0) is 0 Å². The maximum Gasteiger partial charge on any atom is 0.134 e. The number of methoxy groups -OCH3 is 1. The molecule has 0 spiro atoms. The summed E-state index contributed by atoms with van der Waals surface area (Å²) in [6.45, 7) is 4.39. The highest BCUT2D eigenvalue weighted by atomic mass is 35.5. The lowest BCUT2D eigenvalue weighted by Gasteiger charge is -2.49. The zero-order valence-electron chi connectivity index (χ0n) is 12.0. The van der Waals surface area contributed by atoms with Crippen molar-refractivity contribution in [2.45, 2.75) is 31.7 Å². The Labute approximate surface area is 124 Å². The Kier molecular flexibility index (Phi) is 3.25. The van der Waals surface area contributed by atoms with Crippen LogP contribution in [0.2, 0.25) is 0 Å². The van der Waals surface area contributed by atoms with Crippen LogP contribution < -0.4 is 10.1 Å². The summed E-state index contributed by atoms with van der Waals surface area (Å²) >= 11 is 6.28. The third-order valence-electron chi connectivity index (χ3n) is 4.43. The van der Waals surface area contributed by atoms with Crippen LogP contribution >= 0.6 is 11.6 Å². The van der Waals surface area contributed by atoms with Crippen LogP contribution in [0.15, 0.2) is 30.5 Å². The summed E-state index contributed by atoms with van der Waals surface area (Å²) in [6, 6.07) is 8.40. The molecule has 2 atom stereocenters. The van der Waals surface area contributed by atoms with Crippen LogP contribution in [-0.4, -0.2) is 23.5 Å². The summed E-state index contributed by atoms with van der Waals surface area (Å²) in [4.78, 5) is 4.48. The fourth-order valence-corrected chi connectivity index (χ4v) is 3.01. The molecule has 0 bridgehead atoms. The number of rotatable bonds is 3. The molecule has 1 aromatic heterocycles. The van der Waals surface area contributed by atoms with Crippen molar-refractivity contribution in [3.63, 3.8) is 0 Å². The van der Waals surface area contributed by atoms with Gasteiger partial charge in [-0.05, 0) is 36.1 Å². The second kappa shape index (κ2) is 4.81. The van der Waals surface area contributed by atoms with Crippen LogP contribution in [0, 0.1) is 5.41 Å². The minimum Gasteiger partial charge on any atom is -0.497 e. The molecule has 0 radical (unpaired) electrons. The molecule has 1 heterocycles. The molecular formula is C16H19ClN2O. The standard InChI is InChI=1S/C16H19ClN2O/c1-16(2)13(17)9-14(16)19-15-12-5-4-11(20-3)8-10(12)6-7-18-15/h4-8,13-14H,9H2,1-3H3,(H,18,19). The Morgan fingerprint density at radius 1 is 1.35 bits per heavy atom. The number of hydrogen-bond acceptors (Lipinski definition) is 3. The molecule has 4 heteroatoms. The average Bonchev–Trinajstić information content (AvgIpc) is 2.46. The van der Waals surface area contributed by atoms with Crippen LogP contribution in [0.3, 0.4) is 0 Å². The summed E-state index contributed by atoms with van der Waals surface area (Å²) in [5.41, 5.74) is 0.0951. The van der Waals surface area contributed by atoms with Crippen molar-refractivity contribution in [1.29, 1.82) is 0 Å². The van der Waals surface area contributed by atoms with Crippen molar-refractivity contribution >= 4 is 28.2 Å². The number of ether oxygens (including phenoxy) is 1. The highest BCUT2D eigenvalue weighted by molar-refractivity contribution is 6.22. The zero-order chi connectivity index (χ0) is 14.3. The van der Waals surface area contributed by atoms with Gasteiger partial charge in [0, 0.05) is 28.4 Å². The smallest absolute Gasteiger partial charge is 0.134 e. The van der Waals surface area contributed by atoms with Crippen LogP contribution in [0.5, 0.6) is 5.75 Å². The first kappa shape index (κ1) is 13.5. The van der Waals surface area contributed by atoms with Gasteiger partial charge in [-0.1, -0.05) is 13.8 Å². The first-order valence-electron chi connectivity index (χ1n) is 6.85. The van der Waals surface area contributed by atoms with E-state index in [0.29, 0.717) is 6.04 Å². The van der Waals surface area contributed by atoms with Crippen LogP contribution in [0.4, 0.5) is 5.82 Å². The summed E-state index contributed by atoms with van der Waals surface area (Å²) in [6.07, 6.45) is 2.80. The summed E-state index contributed by atoms with van der Waals surface area (Å²) < 4.78 is 5.26. The summed E-state index contributed by atoms with van der Waals surface area (Å²) in [7, 11) is 1.68. The molecule has 0 saturated heterocycles. The summed E-state index contributed by atoms with van der Waals surface area (Å²) in [5.74, 6) is 1.78. The Morgan fingerprint density at radius 2 is 2.15 bits per heavy atom. The molecule has 3 rings (SSSR count). The third kappa shape index (κ3) is 2.10. The lowest BCUT2D eigenvalue weighted by atomic mass is 9.67. The molecule has 1 N–H and O–H groups in total. The highest BCUT2D eigenvalue weighted by Gasteiger charge is 2.47. The molecule has 1 fully saturated rings. The number of pyridine rings is 1. The van der Waals surface area contributed by atoms with Crippen LogP contribution in [0.1, 0.15) is 20.3 Å². The van der Waals surface area contributed by atoms with E-state index in [2.05, 4.69) is 24.1 Å². The second-order valence-electron chi connectivity index (χ2n) is 5.97. The molecule has 1 aliphatic rings. The Bertz CT molecular complexity index is 641. The van der Waals surface area contributed by atoms with Gasteiger partial charge in [-0.15, -0.1) is 11.6 Å². The van der Waals surface area contributed by atoms with E-state index in [1.165, 1.54) is 0 Å². The molecule has 3 nitrogen and oxygen atoms in total. The molecule has 0 amide bonds. The number of alkyl halides is 1. The van der Waals surface area contributed by atoms with Gasteiger partial charge >= 0.3 is 0 Å². The predicted octanol–water partition coefficient (Wildman–Crippen LogP) is 4.06. The number of benzene rings is 1. The highest BCUT2D eigenvalue weighted by Crippen LogP contribution is 2.46. The van der Waals surface area contributed by atoms with Gasteiger partial charge in [0.05, 0.1) is 7.11 Å². The number of nitrogens with one attached hydrogen (secondary N) is 1. The fourth-order valence-electron chi connectivity index (χ4n) is 2.68. The first-order chi connectivity index (χ1) is 9.52. The van der Waals surface area contributed by atoms with E-state index in [0.717, 1.165) is 28.8 Å². The van der Waals surface area contributed by atoms with E-state index < -0.39 is 0 Å². The molecule has 1 aliphatic carbocycles. The topological polar surface area (TPSA) is 34.1 Å². The van der Waals surface area contributed by atoms with Gasteiger partial charge in [-0.3, -0.25) is 0 Å². The number of halogens is 1. The molecular weight excluding hydrogens is 272 g/mol. The van der Waals surface area contributed by atoms with E-state index in [4.69, 9.17) is 16.3 Å². The van der Waals surface area contributed by atoms with Crippen molar-refractivity contribution in [2.24, 2.45) is 5.41 Å². The fraction of sp³-hybridized carbons (Fsp3) is 0.438. The Morgan fingerprint density at radius 3 is 2.80 bits per heavy atom. The lowest BCUT2D eigenvalue weighted by Crippen LogP contribution is -2.54. The number of hydrogen-bond donors (Lipinski definition) is 1. The van der Waals surface area contributed by atoms with Gasteiger partial charge in [-0.25, -0.2) is 4.98 Å². The molecule has 106 valence electrons. The van der Waals surface area contributed by atoms with Crippen molar-refractivity contribution in [1.82, 2.24) is 4.98 Å². The third-order valence-corrected chi connectivity index (χ3v) is 5.17. The first-order valence-corrected chi connectivity index (χ1v) is 7.29. The predicted molar refractivity (Wildman–Crippen MR) is 83.7 cm³/mol. The van der Waals surface area contributed by atoms with Crippen molar-refractivity contribution < 1.29 is 4.74 Å². The van der Waals surface area contributed by atoms with Gasteiger partial charge in [-0.2, -0.15) is 0 Å². The van der Waals surface area contributed by atoms with Gasteiger partial charge in [0.1, 0.15) is 11.6 Å². The zero-order valence-corrected chi connectivity index (χ0v) is 12.7. The largest absolute Gasteiger partial charge is 0.497 e. The van der Waals surface area contributed by atoms with Gasteiger partial charge in [0.2, 0.25) is 0 Å². The average molecular weight is 291 g/mol. The molecule has 20 heavy (non-hydrogen) atoms. The van der Waals surface area contributed by atoms with Crippen molar-refractivity contribution in [3.05, 3.63) is 30.5 Å². The Hall–Kier alpha value is -1.48. The minimum absolute atomic E-state index is 0.0951. The molecule has 2 aromatic rings. The maximum absolute atomic E-state index is 6.28. The maximum atomic E-state index is 6.28. The number of anilines is 1. The molecule has 0 aliphatic heterocycles. The van der Waals surface area contributed by atoms with E-state index >= 15 is 0 Å². The van der Waals surface area contributed by atoms with Crippen LogP contribution in [0.25, 0.3) is 10.8 Å². The minimum atomic E-state index is 0.0951. The van der Waals surface area contributed by atoms with Crippen molar-refractivity contribution in [2.75, 3.05) is 12.4 Å². The van der Waals surface area contributed by atoms with E-state index in [1.54, 1.807) is 7.11 Å². The Balaban J connectivity index is 1.92. The molecule has 1 aromatic carbocycles. The van der Waals surface area contributed by atoms with Gasteiger partial charge < -0.3 is 10.1 Å². The van der Waals surface area contributed by atoms with Crippen molar-refractivity contribution in [3.8, 4) is 5.75 Å². The molecule has 1 saturated carbocycles. The number of fused-ring (bicyclic) bond motifs is 1. The van der Waals surface area contributed by atoms with Gasteiger partial charge in [0.15, 0.2) is 0 Å². The monoisotopic (exact) mass is 290 g/mol. The quantitative estimate of drug-likeness (QED) is 0.866. The SMILES string of the molecule is COc1ccc2c(NC3CC(Cl)C3(C)C)nccc2c1. The molecule has 2 unspecified atom stereocenters. The van der Waals surface area contributed by atoms with E-state index in [9.17, 15) is 0 Å². The number of aromatic nitrogens is 1.